The predicted molar refractivity (Wildman–Crippen MR) is 68.8 cm³/mol. The third-order valence-electron chi connectivity index (χ3n) is 3.04. The molecule has 1 N–H and O–H groups in total. The summed E-state index contributed by atoms with van der Waals surface area (Å²) in [6.45, 7) is 0. The topological polar surface area (TPSA) is 37.8 Å². The number of anilines is 2. The maximum atomic E-state index is 5.84. The van der Waals surface area contributed by atoms with E-state index in [-0.39, 0.29) is 0 Å². The second-order valence-electron chi connectivity index (χ2n) is 4.15. The van der Waals surface area contributed by atoms with Crippen molar-refractivity contribution in [2.75, 3.05) is 5.32 Å². The number of halogens is 1. The summed E-state index contributed by atoms with van der Waals surface area (Å²) in [4.78, 5) is 8.02. The molecule has 1 aromatic carbocycles. The number of aryl methyl sites for hydroxylation is 1. The average Bonchev–Trinajstić information content (AvgIpc) is 2.78. The van der Waals surface area contributed by atoms with Crippen LogP contribution in [0.15, 0.2) is 30.6 Å². The molecule has 4 heteroatoms. The van der Waals surface area contributed by atoms with E-state index in [4.69, 9.17) is 11.6 Å². The number of rotatable bonds is 2. The summed E-state index contributed by atoms with van der Waals surface area (Å²) >= 11 is 5.84. The first-order valence-electron chi connectivity index (χ1n) is 5.68. The number of aromatic nitrogens is 2. The highest BCUT2D eigenvalue weighted by Gasteiger charge is 2.14. The molecule has 1 aliphatic rings. The third-order valence-corrected chi connectivity index (χ3v) is 3.25. The molecule has 86 valence electrons. The van der Waals surface area contributed by atoms with Gasteiger partial charge in [0, 0.05) is 11.8 Å². The number of fused-ring (bicyclic) bond motifs is 1. The lowest BCUT2D eigenvalue weighted by Crippen LogP contribution is -1.97. The molecule has 0 fully saturated rings. The van der Waals surface area contributed by atoms with Crippen molar-refractivity contribution in [3.8, 4) is 0 Å². The Morgan fingerprint density at radius 1 is 1.18 bits per heavy atom. The van der Waals surface area contributed by atoms with Crippen LogP contribution in [0.25, 0.3) is 0 Å². The van der Waals surface area contributed by atoms with E-state index in [1.54, 1.807) is 6.07 Å². The van der Waals surface area contributed by atoms with Crippen LogP contribution in [0.1, 0.15) is 17.5 Å². The van der Waals surface area contributed by atoms with Gasteiger partial charge in [0.05, 0.1) is 0 Å². The molecule has 0 saturated heterocycles. The van der Waals surface area contributed by atoms with Crippen LogP contribution in [0.4, 0.5) is 11.5 Å². The molecular formula is C13H12ClN3. The summed E-state index contributed by atoms with van der Waals surface area (Å²) in [6, 6.07) is 8.09. The molecule has 3 rings (SSSR count). The Morgan fingerprint density at radius 3 is 3.00 bits per heavy atom. The fourth-order valence-electron chi connectivity index (χ4n) is 2.28. The van der Waals surface area contributed by atoms with Crippen LogP contribution in [0.2, 0.25) is 5.15 Å². The van der Waals surface area contributed by atoms with Crippen LogP contribution in [-0.2, 0) is 12.8 Å². The molecule has 1 heterocycles. The highest BCUT2D eigenvalue weighted by atomic mass is 35.5. The van der Waals surface area contributed by atoms with Crippen LogP contribution in [0.3, 0.4) is 0 Å². The number of nitrogens with zero attached hydrogens (tertiary/aromatic N) is 2. The van der Waals surface area contributed by atoms with E-state index < -0.39 is 0 Å². The maximum Gasteiger partial charge on any atom is 0.135 e. The summed E-state index contributed by atoms with van der Waals surface area (Å²) in [5, 5.41) is 3.76. The summed E-state index contributed by atoms with van der Waals surface area (Å²) in [5.41, 5.74) is 3.98. The minimum atomic E-state index is 0.454. The van der Waals surface area contributed by atoms with Gasteiger partial charge in [0.1, 0.15) is 17.3 Å². The zero-order valence-corrected chi connectivity index (χ0v) is 10.0. The van der Waals surface area contributed by atoms with Gasteiger partial charge in [-0.05, 0) is 36.5 Å². The molecule has 3 nitrogen and oxygen atoms in total. The minimum absolute atomic E-state index is 0.454. The van der Waals surface area contributed by atoms with Crippen LogP contribution in [0.5, 0.6) is 0 Å². The van der Waals surface area contributed by atoms with Gasteiger partial charge < -0.3 is 5.32 Å². The molecule has 0 unspecified atom stereocenters. The van der Waals surface area contributed by atoms with Gasteiger partial charge in [-0.3, -0.25) is 0 Å². The first-order chi connectivity index (χ1) is 8.33. The smallest absolute Gasteiger partial charge is 0.135 e. The zero-order valence-electron chi connectivity index (χ0n) is 9.28. The second kappa shape index (κ2) is 4.34. The summed E-state index contributed by atoms with van der Waals surface area (Å²) < 4.78 is 0. The Kier molecular flexibility index (Phi) is 2.69. The fraction of sp³-hybridized carbons (Fsp3) is 0.231. The quantitative estimate of drug-likeness (QED) is 0.825. The number of hydrogen-bond acceptors (Lipinski definition) is 3. The Balaban J connectivity index is 1.93. The first kappa shape index (κ1) is 10.5. The van der Waals surface area contributed by atoms with Crippen molar-refractivity contribution in [3.05, 3.63) is 46.9 Å². The number of benzene rings is 1. The molecule has 0 atom stereocenters. The lowest BCUT2D eigenvalue weighted by molar-refractivity contribution is 0.912. The van der Waals surface area contributed by atoms with E-state index in [1.165, 1.54) is 30.3 Å². The van der Waals surface area contributed by atoms with Gasteiger partial charge in [-0.25, -0.2) is 9.97 Å². The molecule has 0 saturated carbocycles. The largest absolute Gasteiger partial charge is 0.340 e. The molecule has 17 heavy (non-hydrogen) atoms. The highest BCUT2D eigenvalue weighted by molar-refractivity contribution is 6.29. The van der Waals surface area contributed by atoms with E-state index in [9.17, 15) is 0 Å². The molecule has 2 aromatic rings. The van der Waals surface area contributed by atoms with E-state index in [0.717, 1.165) is 17.9 Å². The minimum Gasteiger partial charge on any atom is -0.340 e. The average molecular weight is 246 g/mol. The summed E-state index contributed by atoms with van der Waals surface area (Å²) in [6.07, 6.45) is 5.01. The fourth-order valence-corrected chi connectivity index (χ4v) is 2.42. The van der Waals surface area contributed by atoms with Crippen molar-refractivity contribution in [3.63, 3.8) is 0 Å². The van der Waals surface area contributed by atoms with Gasteiger partial charge in [-0.1, -0.05) is 23.7 Å². The van der Waals surface area contributed by atoms with Gasteiger partial charge in [-0.2, -0.15) is 0 Å². The Morgan fingerprint density at radius 2 is 2.12 bits per heavy atom. The molecule has 1 aromatic heterocycles. The number of hydrogen-bond donors (Lipinski definition) is 1. The number of nitrogens with one attached hydrogen (secondary N) is 1. The van der Waals surface area contributed by atoms with Crippen molar-refractivity contribution in [1.29, 1.82) is 0 Å². The Hall–Kier alpha value is -1.61. The van der Waals surface area contributed by atoms with Crippen LogP contribution in [0, 0.1) is 0 Å². The Bertz CT molecular complexity index is 554. The third kappa shape index (κ3) is 2.11. The molecule has 0 spiro atoms. The van der Waals surface area contributed by atoms with Crippen molar-refractivity contribution in [2.24, 2.45) is 0 Å². The van der Waals surface area contributed by atoms with Crippen LogP contribution in [-0.4, -0.2) is 9.97 Å². The monoisotopic (exact) mass is 245 g/mol. The highest BCUT2D eigenvalue weighted by Crippen LogP contribution is 2.30. The maximum absolute atomic E-state index is 5.84. The summed E-state index contributed by atoms with van der Waals surface area (Å²) in [7, 11) is 0. The normalized spacial score (nSPS) is 13.5. The van der Waals surface area contributed by atoms with E-state index in [0.29, 0.717) is 5.15 Å². The van der Waals surface area contributed by atoms with Gasteiger partial charge in [0.25, 0.3) is 0 Å². The molecule has 1 aliphatic carbocycles. The van der Waals surface area contributed by atoms with Crippen molar-refractivity contribution < 1.29 is 0 Å². The van der Waals surface area contributed by atoms with Crippen molar-refractivity contribution >= 4 is 23.1 Å². The SMILES string of the molecule is Clc1cc(Nc2cccc3c2CCC3)ncn1. The van der Waals surface area contributed by atoms with Crippen molar-refractivity contribution in [1.82, 2.24) is 9.97 Å². The van der Waals surface area contributed by atoms with E-state index in [2.05, 4.69) is 33.5 Å². The van der Waals surface area contributed by atoms with Gasteiger partial charge in [0.2, 0.25) is 0 Å². The lowest BCUT2D eigenvalue weighted by Gasteiger charge is -2.10. The van der Waals surface area contributed by atoms with Crippen molar-refractivity contribution in [2.45, 2.75) is 19.3 Å². The molecular weight excluding hydrogens is 234 g/mol. The predicted octanol–water partition coefficient (Wildman–Crippen LogP) is 3.36. The van der Waals surface area contributed by atoms with Gasteiger partial charge in [0.15, 0.2) is 0 Å². The lowest BCUT2D eigenvalue weighted by atomic mass is 10.1. The Labute approximate surface area is 105 Å². The zero-order chi connectivity index (χ0) is 11.7. The standard InChI is InChI=1S/C13H12ClN3/c14-12-7-13(16-8-15-12)17-11-6-2-4-9-3-1-5-10(9)11/h2,4,6-8H,1,3,5H2,(H,15,16,17). The second-order valence-corrected chi connectivity index (χ2v) is 4.54. The molecule has 0 aliphatic heterocycles. The van der Waals surface area contributed by atoms with Gasteiger partial charge in [-0.15, -0.1) is 0 Å². The first-order valence-corrected chi connectivity index (χ1v) is 6.06. The molecule has 0 bridgehead atoms. The summed E-state index contributed by atoms with van der Waals surface area (Å²) in [5.74, 6) is 0.741. The van der Waals surface area contributed by atoms with Crippen LogP contribution >= 0.6 is 11.6 Å². The van der Waals surface area contributed by atoms with Gasteiger partial charge >= 0.3 is 0 Å². The molecule has 0 amide bonds. The van der Waals surface area contributed by atoms with E-state index in [1.807, 2.05) is 0 Å². The van der Waals surface area contributed by atoms with E-state index >= 15 is 0 Å². The van der Waals surface area contributed by atoms with Crippen LogP contribution < -0.4 is 5.32 Å². The molecule has 0 radical (unpaired) electrons.